The fraction of sp³-hybridized carbons (Fsp3) is 0.0667. The molecule has 0 saturated carbocycles. The molecule has 0 N–H and O–H groups in total. The minimum absolute atomic E-state index is 1.28. The highest BCUT2D eigenvalue weighted by atomic mass is 14.1. The molecule has 0 nitrogen and oxygen atoms in total. The van der Waals surface area contributed by atoms with E-state index < -0.39 is 0 Å². The third-order valence-corrected chi connectivity index (χ3v) is 16.7. The van der Waals surface area contributed by atoms with Crippen molar-refractivity contribution in [2.45, 2.75) is 41.5 Å². The maximum absolute atomic E-state index is 2.25. The Balaban J connectivity index is 0.000000112. The van der Waals surface area contributed by atoms with Crippen molar-refractivity contribution >= 4 is 64.6 Å². The number of hydrogen-bond acceptors (Lipinski definition) is 0. The van der Waals surface area contributed by atoms with Crippen LogP contribution in [0.1, 0.15) is 33.4 Å². The first-order valence-electron chi connectivity index (χ1n) is 31.2. The van der Waals surface area contributed by atoms with Gasteiger partial charge < -0.3 is 0 Å². The van der Waals surface area contributed by atoms with E-state index in [1.807, 2.05) is 0 Å². The molecular weight excluding hydrogens is 1080 g/mol. The maximum atomic E-state index is 2.25. The highest BCUT2D eigenvalue weighted by Crippen LogP contribution is 2.33. The van der Waals surface area contributed by atoms with Gasteiger partial charge in [-0.3, -0.25) is 0 Å². The maximum Gasteiger partial charge on any atom is -0.0103 e. The first kappa shape index (κ1) is 60.8. The monoisotopic (exact) mass is 1160 g/mol. The van der Waals surface area contributed by atoms with E-state index in [1.54, 1.807) is 0 Å². The van der Waals surface area contributed by atoms with Crippen LogP contribution in [0.4, 0.5) is 0 Å². The van der Waals surface area contributed by atoms with E-state index in [0.717, 1.165) is 0 Å². The first-order valence-corrected chi connectivity index (χ1v) is 31.2. The standard InChI is InChI=1S/4C17H14.2C11H10/c1-13-9-11-15(12-10-13)17-8-4-6-14-5-2-3-7-16(14)17;1-13-7-5-12-17-15(13)10-6-11-16(17)14-8-3-2-4-9-14;1-13-11-12-16(14-7-3-2-4-8-14)17-10-6-5-9-15(13)17;1-13-6-8-15(9-7-13)17-11-10-14-4-2-3-5-16(14)12-17;1-9-5-4-7-10-6-2-3-8-11(9)10;1-9-6-7-10-4-2-3-5-11(10)8-9/h4*2-12H,1H3;2*2-8H,1H3. The largest absolute Gasteiger partial charge is 0.0622 e. The average molecular weight is 1160 g/mol. The van der Waals surface area contributed by atoms with Crippen LogP contribution in [0.15, 0.2) is 352 Å². The summed E-state index contributed by atoms with van der Waals surface area (Å²) in [5.41, 5.74) is 18.3. The van der Waals surface area contributed by atoms with Gasteiger partial charge in [-0.25, -0.2) is 0 Å². The number of hydrogen-bond donors (Lipinski definition) is 0. The van der Waals surface area contributed by atoms with Gasteiger partial charge in [0.1, 0.15) is 0 Å². The topological polar surface area (TPSA) is 0 Å². The molecule has 0 atom stereocenters. The zero-order valence-corrected chi connectivity index (χ0v) is 52.5. The third kappa shape index (κ3) is 15.2. The minimum Gasteiger partial charge on any atom is -0.0622 e. The van der Waals surface area contributed by atoms with Crippen LogP contribution in [0, 0.1) is 41.5 Å². The van der Waals surface area contributed by atoms with Gasteiger partial charge in [-0.1, -0.05) is 362 Å². The molecule has 16 rings (SSSR count). The van der Waals surface area contributed by atoms with E-state index in [9.17, 15) is 0 Å². The van der Waals surface area contributed by atoms with Crippen LogP contribution in [0.25, 0.3) is 109 Å². The highest BCUT2D eigenvalue weighted by Gasteiger charge is 2.07. The van der Waals surface area contributed by atoms with Crippen LogP contribution in [-0.4, -0.2) is 0 Å². The molecule has 0 fully saturated rings. The van der Waals surface area contributed by atoms with Gasteiger partial charge in [0, 0.05) is 0 Å². The Morgan fingerprint density at radius 2 is 0.467 bits per heavy atom. The fourth-order valence-electron chi connectivity index (χ4n) is 11.7. The molecule has 16 aromatic carbocycles. The molecule has 0 aliphatic rings. The smallest absolute Gasteiger partial charge is 0.0103 e. The Labute approximate surface area is 532 Å². The zero-order chi connectivity index (χ0) is 62.0. The predicted octanol–water partition coefficient (Wildman–Crippen LogP) is 25.6. The summed E-state index contributed by atoms with van der Waals surface area (Å²) in [5, 5.41) is 15.9. The molecule has 0 bridgehead atoms. The number of rotatable bonds is 4. The van der Waals surface area contributed by atoms with Crippen molar-refractivity contribution in [2.75, 3.05) is 0 Å². The lowest BCUT2D eigenvalue weighted by Crippen LogP contribution is -1.83. The number of benzene rings is 16. The van der Waals surface area contributed by atoms with Gasteiger partial charge in [0.05, 0.1) is 0 Å². The molecule has 90 heavy (non-hydrogen) atoms. The van der Waals surface area contributed by atoms with Crippen molar-refractivity contribution < 1.29 is 0 Å². The van der Waals surface area contributed by atoms with Crippen LogP contribution < -0.4 is 0 Å². The Bertz CT molecular complexity index is 4880. The van der Waals surface area contributed by atoms with E-state index in [4.69, 9.17) is 0 Å². The Morgan fingerprint density at radius 3 is 1.04 bits per heavy atom. The quantitative estimate of drug-likeness (QED) is 0.165. The number of aryl methyl sites for hydroxylation is 6. The summed E-state index contributed by atoms with van der Waals surface area (Å²) in [4.78, 5) is 0. The fourth-order valence-corrected chi connectivity index (χ4v) is 11.7. The Hall–Kier alpha value is -10.9. The Kier molecular flexibility index (Phi) is 20.0. The van der Waals surface area contributed by atoms with Crippen molar-refractivity contribution in [3.63, 3.8) is 0 Å². The van der Waals surface area contributed by atoms with Crippen molar-refractivity contribution in [2.24, 2.45) is 0 Å². The second kappa shape index (κ2) is 29.7. The van der Waals surface area contributed by atoms with Gasteiger partial charge >= 0.3 is 0 Å². The summed E-state index contributed by atoms with van der Waals surface area (Å²) in [7, 11) is 0. The molecule has 16 aromatic rings. The lowest BCUT2D eigenvalue weighted by Gasteiger charge is -2.09. The molecular formula is C90H76. The first-order chi connectivity index (χ1) is 44.1. The van der Waals surface area contributed by atoms with E-state index in [2.05, 4.69) is 393 Å². The number of fused-ring (bicyclic) bond motifs is 6. The second-order valence-electron chi connectivity index (χ2n) is 23.2. The summed E-state index contributed by atoms with van der Waals surface area (Å²) in [6, 6.07) is 124. The Morgan fingerprint density at radius 1 is 0.144 bits per heavy atom. The lowest BCUT2D eigenvalue weighted by atomic mass is 9.96. The summed E-state index contributed by atoms with van der Waals surface area (Å²) in [5.74, 6) is 0. The van der Waals surface area contributed by atoms with Gasteiger partial charge in [-0.05, 0) is 173 Å². The highest BCUT2D eigenvalue weighted by molar-refractivity contribution is 6.00. The van der Waals surface area contributed by atoms with Crippen LogP contribution >= 0.6 is 0 Å². The molecule has 0 saturated heterocycles. The summed E-state index contributed by atoms with van der Waals surface area (Å²) in [6.07, 6.45) is 0. The van der Waals surface area contributed by atoms with Gasteiger partial charge in [0.25, 0.3) is 0 Å². The molecule has 0 radical (unpaired) electrons. The van der Waals surface area contributed by atoms with E-state index in [-0.39, 0.29) is 0 Å². The summed E-state index contributed by atoms with van der Waals surface area (Å²) in [6.45, 7) is 12.8. The van der Waals surface area contributed by atoms with Gasteiger partial charge in [0.2, 0.25) is 0 Å². The van der Waals surface area contributed by atoms with Gasteiger partial charge in [-0.15, -0.1) is 0 Å². The third-order valence-electron chi connectivity index (χ3n) is 16.7. The molecule has 0 aromatic heterocycles. The predicted molar refractivity (Wildman–Crippen MR) is 394 cm³/mol. The minimum atomic E-state index is 1.28. The van der Waals surface area contributed by atoms with Crippen molar-refractivity contribution in [3.8, 4) is 44.5 Å². The molecule has 0 aliphatic carbocycles. The van der Waals surface area contributed by atoms with Gasteiger partial charge in [-0.2, -0.15) is 0 Å². The van der Waals surface area contributed by atoms with Crippen molar-refractivity contribution in [1.29, 1.82) is 0 Å². The molecule has 436 valence electrons. The summed E-state index contributed by atoms with van der Waals surface area (Å²) < 4.78 is 0. The van der Waals surface area contributed by atoms with Crippen LogP contribution in [0.2, 0.25) is 0 Å². The molecule has 0 heteroatoms. The van der Waals surface area contributed by atoms with Crippen LogP contribution in [-0.2, 0) is 0 Å². The molecule has 0 aliphatic heterocycles. The van der Waals surface area contributed by atoms with Gasteiger partial charge in [0.15, 0.2) is 0 Å². The molecule has 0 heterocycles. The van der Waals surface area contributed by atoms with Crippen molar-refractivity contribution in [1.82, 2.24) is 0 Å². The average Bonchev–Trinajstić information content (AvgIpc) is 1.66. The lowest BCUT2D eigenvalue weighted by molar-refractivity contribution is 1.47. The van der Waals surface area contributed by atoms with E-state index in [1.165, 1.54) is 143 Å². The molecule has 0 unspecified atom stereocenters. The summed E-state index contributed by atoms with van der Waals surface area (Å²) >= 11 is 0. The van der Waals surface area contributed by atoms with E-state index in [0.29, 0.717) is 0 Å². The second-order valence-corrected chi connectivity index (χ2v) is 23.2. The van der Waals surface area contributed by atoms with Crippen LogP contribution in [0.5, 0.6) is 0 Å². The van der Waals surface area contributed by atoms with Crippen LogP contribution in [0.3, 0.4) is 0 Å². The zero-order valence-electron chi connectivity index (χ0n) is 52.5. The molecule has 0 spiro atoms. The normalized spacial score (nSPS) is 10.6. The van der Waals surface area contributed by atoms with Crippen molar-refractivity contribution in [3.05, 3.63) is 385 Å². The molecule has 0 amide bonds. The SMILES string of the molecule is Cc1ccc(-c2ccc3ccccc3c2)cc1.Cc1ccc(-c2cccc3ccccc23)cc1.Cc1ccc(-c2ccccc2)c2ccccc12.Cc1ccc2ccccc2c1.Cc1cccc2c(-c3ccccc3)cccc12.Cc1cccc2ccccc12. The van der Waals surface area contributed by atoms with E-state index >= 15 is 0 Å².